The van der Waals surface area contributed by atoms with Crippen LogP contribution in [0.25, 0.3) is 5.65 Å². The van der Waals surface area contributed by atoms with Crippen LogP contribution < -0.4 is 5.32 Å². The van der Waals surface area contributed by atoms with E-state index in [1.807, 2.05) is 10.6 Å². The van der Waals surface area contributed by atoms with E-state index < -0.39 is 0 Å². The van der Waals surface area contributed by atoms with Crippen molar-refractivity contribution >= 4 is 5.65 Å². The van der Waals surface area contributed by atoms with Crippen molar-refractivity contribution < 1.29 is 5.11 Å². The number of nitrogens with zero attached hydrogens (tertiary/aromatic N) is 3. The number of aromatic hydroxyl groups is 1. The van der Waals surface area contributed by atoms with Crippen LogP contribution in [-0.4, -0.2) is 32.8 Å². The lowest BCUT2D eigenvalue weighted by Gasteiger charge is -2.25. The second-order valence-corrected chi connectivity index (χ2v) is 3.50. The summed E-state index contributed by atoms with van der Waals surface area (Å²) in [6.07, 6.45) is 1.88. The Bertz CT molecular complexity index is 475. The number of nitrogens with one attached hydrogen (secondary N) is 1. The van der Waals surface area contributed by atoms with Crippen molar-refractivity contribution in [3.8, 4) is 5.75 Å². The van der Waals surface area contributed by atoms with Gasteiger partial charge in [-0.1, -0.05) is 0 Å². The Morgan fingerprint density at radius 1 is 1.43 bits per heavy atom. The molecule has 0 amide bonds. The molecule has 5 nitrogen and oxygen atoms in total. The second kappa shape index (κ2) is 2.68. The SMILES string of the molecule is Oc1cccn2c(C3CNC3)nnc12. The first-order valence-corrected chi connectivity index (χ1v) is 4.59. The monoisotopic (exact) mass is 190 g/mol. The molecule has 5 heteroatoms. The van der Waals surface area contributed by atoms with E-state index in [0.29, 0.717) is 11.6 Å². The molecular weight excluding hydrogens is 180 g/mol. The van der Waals surface area contributed by atoms with Crippen molar-refractivity contribution in [2.45, 2.75) is 5.92 Å². The molecule has 1 fully saturated rings. The number of aromatic nitrogens is 3. The Morgan fingerprint density at radius 3 is 3.00 bits per heavy atom. The molecule has 0 radical (unpaired) electrons. The molecule has 1 aliphatic rings. The maximum atomic E-state index is 9.52. The van der Waals surface area contributed by atoms with Gasteiger partial charge < -0.3 is 10.4 Å². The molecule has 1 saturated heterocycles. The molecule has 2 aromatic rings. The standard InChI is InChI=1S/C9H10N4O/c14-7-2-1-3-13-8(6-4-10-5-6)11-12-9(7)13/h1-3,6,10,14H,4-5H2. The fourth-order valence-corrected chi connectivity index (χ4v) is 1.67. The average Bonchev–Trinajstić information content (AvgIpc) is 2.48. The lowest BCUT2D eigenvalue weighted by Crippen LogP contribution is -2.40. The minimum absolute atomic E-state index is 0.179. The van der Waals surface area contributed by atoms with E-state index in [9.17, 15) is 5.11 Å². The van der Waals surface area contributed by atoms with E-state index in [2.05, 4.69) is 15.5 Å². The van der Waals surface area contributed by atoms with Crippen molar-refractivity contribution in [2.24, 2.45) is 0 Å². The molecular formula is C9H10N4O. The van der Waals surface area contributed by atoms with Crippen LogP contribution in [0.4, 0.5) is 0 Å². The minimum Gasteiger partial charge on any atom is -0.504 e. The fourth-order valence-electron chi connectivity index (χ4n) is 1.67. The average molecular weight is 190 g/mol. The third-order valence-electron chi connectivity index (χ3n) is 2.59. The summed E-state index contributed by atoms with van der Waals surface area (Å²) in [7, 11) is 0. The predicted octanol–water partition coefficient (Wildman–Crippen LogP) is 0.122. The first kappa shape index (κ1) is 7.75. The minimum atomic E-state index is 0.179. The summed E-state index contributed by atoms with van der Waals surface area (Å²) >= 11 is 0. The van der Waals surface area contributed by atoms with Crippen molar-refractivity contribution in [1.29, 1.82) is 0 Å². The summed E-state index contributed by atoms with van der Waals surface area (Å²) in [5.41, 5.74) is 0.536. The Balaban J connectivity index is 2.20. The van der Waals surface area contributed by atoms with Crippen LogP contribution in [0.15, 0.2) is 18.3 Å². The van der Waals surface area contributed by atoms with E-state index in [-0.39, 0.29) is 5.75 Å². The van der Waals surface area contributed by atoms with Gasteiger partial charge >= 0.3 is 0 Å². The summed E-state index contributed by atoms with van der Waals surface area (Å²) in [4.78, 5) is 0. The first-order chi connectivity index (χ1) is 6.86. The van der Waals surface area contributed by atoms with Crippen molar-refractivity contribution in [3.05, 3.63) is 24.2 Å². The van der Waals surface area contributed by atoms with Gasteiger partial charge in [0.2, 0.25) is 5.65 Å². The molecule has 0 bridgehead atoms. The van der Waals surface area contributed by atoms with Crippen LogP contribution in [0, 0.1) is 0 Å². The van der Waals surface area contributed by atoms with Crippen LogP contribution in [-0.2, 0) is 0 Å². The van der Waals surface area contributed by atoms with Gasteiger partial charge in [0.05, 0.1) is 0 Å². The maximum Gasteiger partial charge on any atom is 0.203 e. The molecule has 3 heterocycles. The van der Waals surface area contributed by atoms with Gasteiger partial charge in [0.25, 0.3) is 0 Å². The van der Waals surface area contributed by atoms with Crippen molar-refractivity contribution in [2.75, 3.05) is 13.1 Å². The van der Waals surface area contributed by atoms with Gasteiger partial charge in [-0.2, -0.15) is 0 Å². The third kappa shape index (κ3) is 0.927. The summed E-state index contributed by atoms with van der Waals surface area (Å²) in [5, 5.41) is 20.8. The molecule has 14 heavy (non-hydrogen) atoms. The quantitative estimate of drug-likeness (QED) is 0.670. The van der Waals surface area contributed by atoms with Gasteiger partial charge in [-0.25, -0.2) is 0 Å². The molecule has 0 saturated carbocycles. The number of rotatable bonds is 1. The molecule has 72 valence electrons. The van der Waals surface area contributed by atoms with Crippen LogP contribution in [0.2, 0.25) is 0 Å². The smallest absolute Gasteiger partial charge is 0.203 e. The van der Waals surface area contributed by atoms with Crippen LogP contribution >= 0.6 is 0 Å². The molecule has 0 spiro atoms. The number of hydrogen-bond donors (Lipinski definition) is 2. The van der Waals surface area contributed by atoms with Gasteiger partial charge in [-0.15, -0.1) is 10.2 Å². The van der Waals surface area contributed by atoms with Gasteiger partial charge in [0.1, 0.15) is 5.82 Å². The fraction of sp³-hybridized carbons (Fsp3) is 0.333. The Labute approximate surface area is 80.4 Å². The van der Waals surface area contributed by atoms with Crippen LogP contribution in [0.5, 0.6) is 5.75 Å². The Hall–Kier alpha value is -1.62. The van der Waals surface area contributed by atoms with E-state index in [1.54, 1.807) is 12.1 Å². The summed E-state index contributed by atoms with van der Waals surface area (Å²) in [5.74, 6) is 1.53. The summed E-state index contributed by atoms with van der Waals surface area (Å²) < 4.78 is 1.85. The van der Waals surface area contributed by atoms with Crippen LogP contribution in [0.3, 0.4) is 0 Å². The molecule has 0 atom stereocenters. The van der Waals surface area contributed by atoms with Crippen molar-refractivity contribution in [1.82, 2.24) is 19.9 Å². The van der Waals surface area contributed by atoms with E-state index in [4.69, 9.17) is 0 Å². The number of fused-ring (bicyclic) bond motifs is 1. The Kier molecular flexibility index (Phi) is 1.49. The van der Waals surface area contributed by atoms with Gasteiger partial charge in [-0.3, -0.25) is 4.40 Å². The van der Waals surface area contributed by atoms with E-state index >= 15 is 0 Å². The van der Waals surface area contributed by atoms with Crippen molar-refractivity contribution in [3.63, 3.8) is 0 Å². The Morgan fingerprint density at radius 2 is 2.29 bits per heavy atom. The van der Waals surface area contributed by atoms with Gasteiger partial charge in [0.15, 0.2) is 5.75 Å². The summed E-state index contributed by atoms with van der Waals surface area (Å²) in [6.45, 7) is 1.88. The molecule has 0 aliphatic carbocycles. The number of hydrogen-bond acceptors (Lipinski definition) is 4. The highest BCUT2D eigenvalue weighted by atomic mass is 16.3. The largest absolute Gasteiger partial charge is 0.504 e. The van der Waals surface area contributed by atoms with Crippen LogP contribution in [0.1, 0.15) is 11.7 Å². The molecule has 2 aromatic heterocycles. The van der Waals surface area contributed by atoms with E-state index in [1.165, 1.54) is 0 Å². The molecule has 2 N–H and O–H groups in total. The summed E-state index contributed by atoms with van der Waals surface area (Å²) in [6, 6.07) is 3.41. The zero-order valence-corrected chi connectivity index (χ0v) is 7.51. The normalized spacial score (nSPS) is 17.1. The van der Waals surface area contributed by atoms with Gasteiger partial charge in [0, 0.05) is 25.2 Å². The zero-order valence-electron chi connectivity index (χ0n) is 7.51. The molecule has 0 aromatic carbocycles. The molecule has 0 unspecified atom stereocenters. The number of pyridine rings is 1. The highest BCUT2D eigenvalue weighted by Crippen LogP contribution is 2.22. The first-order valence-electron chi connectivity index (χ1n) is 4.59. The second-order valence-electron chi connectivity index (χ2n) is 3.50. The van der Waals surface area contributed by atoms with E-state index in [0.717, 1.165) is 18.9 Å². The maximum absolute atomic E-state index is 9.52. The predicted molar refractivity (Wildman–Crippen MR) is 50.3 cm³/mol. The molecule has 1 aliphatic heterocycles. The lowest BCUT2D eigenvalue weighted by molar-refractivity contribution is 0.427. The zero-order chi connectivity index (χ0) is 9.54. The highest BCUT2D eigenvalue weighted by molar-refractivity contribution is 5.52. The molecule has 3 rings (SSSR count). The lowest BCUT2D eigenvalue weighted by atomic mass is 10.0. The topological polar surface area (TPSA) is 62.5 Å². The third-order valence-corrected chi connectivity index (χ3v) is 2.59. The highest BCUT2D eigenvalue weighted by Gasteiger charge is 2.24. The van der Waals surface area contributed by atoms with Gasteiger partial charge in [-0.05, 0) is 12.1 Å².